The highest BCUT2D eigenvalue weighted by Crippen LogP contribution is 2.28. The second-order valence-electron chi connectivity index (χ2n) is 3.83. The van der Waals surface area contributed by atoms with Crippen molar-refractivity contribution >= 4 is 23.2 Å². The number of hydrogen-bond acceptors (Lipinski definition) is 2. The van der Waals surface area contributed by atoms with Crippen LogP contribution >= 0.6 is 11.6 Å². The summed E-state index contributed by atoms with van der Waals surface area (Å²) < 4.78 is 0. The largest absolute Gasteiger partial charge is 0.381 e. The lowest BCUT2D eigenvalue weighted by atomic mass is 9.93. The number of amides is 1. The lowest BCUT2D eigenvalue weighted by Gasteiger charge is -2.28. The third-order valence-electron chi connectivity index (χ3n) is 2.72. The predicted octanol–water partition coefficient (Wildman–Crippen LogP) is 2.40. The number of carbonyl (C=O) groups is 1. The van der Waals surface area contributed by atoms with E-state index in [1.54, 1.807) is 18.2 Å². The lowest BCUT2D eigenvalue weighted by molar-refractivity contribution is 0.100. The molecule has 0 bridgehead atoms. The van der Waals surface area contributed by atoms with Gasteiger partial charge in [0.05, 0.1) is 10.7 Å². The van der Waals surface area contributed by atoms with Crippen LogP contribution in [0.1, 0.15) is 29.6 Å². The van der Waals surface area contributed by atoms with Crippen molar-refractivity contribution in [3.8, 4) is 0 Å². The summed E-state index contributed by atoms with van der Waals surface area (Å²) in [6, 6.07) is 5.54. The summed E-state index contributed by atoms with van der Waals surface area (Å²) in [6.45, 7) is 0. The highest BCUT2D eigenvalue weighted by molar-refractivity contribution is 6.33. The fourth-order valence-corrected chi connectivity index (χ4v) is 1.73. The normalized spacial score (nSPS) is 15.8. The molecular formula is C11H13ClN2O. The van der Waals surface area contributed by atoms with E-state index in [-0.39, 0.29) is 0 Å². The van der Waals surface area contributed by atoms with Crippen LogP contribution in [0.25, 0.3) is 0 Å². The molecule has 1 fully saturated rings. The van der Waals surface area contributed by atoms with Gasteiger partial charge in [0, 0.05) is 11.6 Å². The van der Waals surface area contributed by atoms with Gasteiger partial charge in [-0.05, 0) is 37.5 Å². The van der Waals surface area contributed by atoms with E-state index < -0.39 is 5.91 Å². The third kappa shape index (κ3) is 2.23. The zero-order chi connectivity index (χ0) is 10.8. The van der Waals surface area contributed by atoms with Gasteiger partial charge >= 0.3 is 0 Å². The maximum atomic E-state index is 11.0. The first-order valence-corrected chi connectivity index (χ1v) is 5.40. The predicted molar refractivity (Wildman–Crippen MR) is 61.2 cm³/mol. The maximum absolute atomic E-state index is 11.0. The molecule has 0 saturated heterocycles. The number of anilines is 1. The van der Waals surface area contributed by atoms with E-state index in [1.165, 1.54) is 6.42 Å². The third-order valence-corrected chi connectivity index (χ3v) is 3.05. The monoisotopic (exact) mass is 224 g/mol. The first kappa shape index (κ1) is 10.3. The minimum atomic E-state index is -0.427. The summed E-state index contributed by atoms with van der Waals surface area (Å²) >= 11 is 6.01. The van der Waals surface area contributed by atoms with E-state index in [0.29, 0.717) is 16.6 Å². The molecule has 1 aliphatic rings. The Kier molecular flexibility index (Phi) is 2.82. The van der Waals surface area contributed by atoms with E-state index in [1.807, 2.05) is 0 Å². The van der Waals surface area contributed by atoms with Gasteiger partial charge in [0.1, 0.15) is 0 Å². The molecule has 3 nitrogen and oxygen atoms in total. The number of carbonyl (C=O) groups excluding carboxylic acids is 1. The Morgan fingerprint density at radius 3 is 2.73 bits per heavy atom. The van der Waals surface area contributed by atoms with Crippen molar-refractivity contribution in [1.29, 1.82) is 0 Å². The number of nitrogens with one attached hydrogen (secondary N) is 1. The summed E-state index contributed by atoms with van der Waals surface area (Å²) in [5.41, 5.74) is 6.49. The van der Waals surface area contributed by atoms with Crippen LogP contribution in [0.5, 0.6) is 0 Å². The zero-order valence-electron chi connectivity index (χ0n) is 8.29. The van der Waals surface area contributed by atoms with Gasteiger partial charge in [-0.1, -0.05) is 11.6 Å². The molecular weight excluding hydrogens is 212 g/mol. The minimum Gasteiger partial charge on any atom is -0.381 e. The summed E-state index contributed by atoms with van der Waals surface area (Å²) in [6.07, 6.45) is 3.58. The van der Waals surface area contributed by atoms with E-state index in [0.717, 1.165) is 18.5 Å². The number of hydrogen-bond donors (Lipinski definition) is 2. The van der Waals surface area contributed by atoms with Gasteiger partial charge < -0.3 is 11.1 Å². The highest BCUT2D eigenvalue weighted by Gasteiger charge is 2.18. The van der Waals surface area contributed by atoms with E-state index in [9.17, 15) is 4.79 Å². The topological polar surface area (TPSA) is 55.1 Å². The molecule has 3 N–H and O–H groups in total. The average Bonchev–Trinajstić information content (AvgIpc) is 2.13. The molecule has 0 aromatic heterocycles. The fourth-order valence-electron chi connectivity index (χ4n) is 1.56. The van der Waals surface area contributed by atoms with Gasteiger partial charge in [-0.15, -0.1) is 0 Å². The number of primary amides is 1. The Hall–Kier alpha value is -1.22. The van der Waals surface area contributed by atoms with Crippen molar-refractivity contribution in [2.75, 3.05) is 5.32 Å². The molecule has 1 saturated carbocycles. The van der Waals surface area contributed by atoms with Gasteiger partial charge in [0.2, 0.25) is 5.91 Å². The molecule has 4 heteroatoms. The second-order valence-corrected chi connectivity index (χ2v) is 4.24. The zero-order valence-corrected chi connectivity index (χ0v) is 9.05. The molecule has 0 aliphatic heterocycles. The van der Waals surface area contributed by atoms with Gasteiger partial charge in [0.15, 0.2) is 0 Å². The Morgan fingerprint density at radius 2 is 2.20 bits per heavy atom. The summed E-state index contributed by atoms with van der Waals surface area (Å²) in [5.74, 6) is -0.427. The Balaban J connectivity index is 2.19. The summed E-state index contributed by atoms with van der Waals surface area (Å²) in [4.78, 5) is 11.0. The molecule has 0 heterocycles. The molecule has 1 aromatic rings. The molecule has 80 valence electrons. The standard InChI is InChI=1S/C11H13ClN2O/c12-9-5-4-7(11(13)15)6-10(9)14-8-2-1-3-8/h4-6,8,14H,1-3H2,(H2,13,15). The number of rotatable bonds is 3. The molecule has 0 unspecified atom stereocenters. The molecule has 0 spiro atoms. The number of nitrogens with two attached hydrogens (primary N) is 1. The van der Waals surface area contributed by atoms with Crippen LogP contribution in [0.3, 0.4) is 0 Å². The van der Waals surface area contributed by atoms with Gasteiger partial charge in [0.25, 0.3) is 0 Å². The first-order chi connectivity index (χ1) is 7.16. The SMILES string of the molecule is NC(=O)c1ccc(Cl)c(NC2CCC2)c1. The van der Waals surface area contributed by atoms with Crippen LogP contribution in [0.15, 0.2) is 18.2 Å². The molecule has 0 radical (unpaired) electrons. The van der Waals surface area contributed by atoms with E-state index in [4.69, 9.17) is 17.3 Å². The first-order valence-electron chi connectivity index (χ1n) is 5.02. The Labute approximate surface area is 93.6 Å². The minimum absolute atomic E-state index is 0.427. The molecule has 1 amide bonds. The van der Waals surface area contributed by atoms with Crippen LogP contribution in [-0.4, -0.2) is 11.9 Å². The van der Waals surface area contributed by atoms with Gasteiger partial charge in [-0.25, -0.2) is 0 Å². The van der Waals surface area contributed by atoms with Crippen molar-refractivity contribution < 1.29 is 4.79 Å². The molecule has 0 atom stereocenters. The van der Waals surface area contributed by atoms with Crippen molar-refractivity contribution in [2.45, 2.75) is 25.3 Å². The smallest absolute Gasteiger partial charge is 0.248 e. The number of halogens is 1. The quantitative estimate of drug-likeness (QED) is 0.829. The van der Waals surface area contributed by atoms with Crippen molar-refractivity contribution in [1.82, 2.24) is 0 Å². The van der Waals surface area contributed by atoms with Crippen molar-refractivity contribution in [3.63, 3.8) is 0 Å². The molecule has 1 aliphatic carbocycles. The summed E-state index contributed by atoms with van der Waals surface area (Å²) in [7, 11) is 0. The molecule has 2 rings (SSSR count). The Bertz CT molecular complexity index is 388. The average molecular weight is 225 g/mol. The van der Waals surface area contributed by atoms with Crippen LogP contribution in [0.2, 0.25) is 5.02 Å². The van der Waals surface area contributed by atoms with Crippen LogP contribution in [0.4, 0.5) is 5.69 Å². The molecule has 1 aromatic carbocycles. The van der Waals surface area contributed by atoms with Gasteiger partial charge in [-0.3, -0.25) is 4.79 Å². The maximum Gasteiger partial charge on any atom is 0.248 e. The summed E-state index contributed by atoms with van der Waals surface area (Å²) in [5, 5.41) is 3.93. The Morgan fingerprint density at radius 1 is 1.47 bits per heavy atom. The fraction of sp³-hybridized carbons (Fsp3) is 0.364. The van der Waals surface area contributed by atoms with Crippen LogP contribution in [-0.2, 0) is 0 Å². The van der Waals surface area contributed by atoms with Crippen LogP contribution in [0, 0.1) is 0 Å². The molecule has 15 heavy (non-hydrogen) atoms. The van der Waals surface area contributed by atoms with E-state index >= 15 is 0 Å². The lowest BCUT2D eigenvalue weighted by Crippen LogP contribution is -2.27. The highest BCUT2D eigenvalue weighted by atomic mass is 35.5. The number of benzene rings is 1. The van der Waals surface area contributed by atoms with E-state index in [2.05, 4.69) is 5.32 Å². The van der Waals surface area contributed by atoms with Gasteiger partial charge in [-0.2, -0.15) is 0 Å². The second kappa shape index (κ2) is 4.11. The van der Waals surface area contributed by atoms with Crippen LogP contribution < -0.4 is 11.1 Å². The van der Waals surface area contributed by atoms with Crippen molar-refractivity contribution in [3.05, 3.63) is 28.8 Å². The van der Waals surface area contributed by atoms with Crippen molar-refractivity contribution in [2.24, 2.45) is 5.73 Å².